The molecule has 77 valence electrons. The summed E-state index contributed by atoms with van der Waals surface area (Å²) in [5, 5.41) is 14.0. The van der Waals surface area contributed by atoms with Gasteiger partial charge in [-0.15, -0.1) is 0 Å². The maximum Gasteiger partial charge on any atom is 0.182 e. The van der Waals surface area contributed by atoms with E-state index in [9.17, 15) is 5.11 Å². The third-order valence-corrected chi connectivity index (χ3v) is 2.78. The van der Waals surface area contributed by atoms with Crippen LogP contribution in [0.15, 0.2) is 36.4 Å². The first kappa shape index (κ1) is 10.0. The minimum Gasteiger partial charge on any atom is -0.290 e. The van der Waals surface area contributed by atoms with Crippen molar-refractivity contribution in [1.29, 1.82) is 0 Å². The molecule has 1 nitrogen and oxygen atoms in total. The number of hydrogen-bond donors (Lipinski definition) is 0. The van der Waals surface area contributed by atoms with Crippen LogP contribution in [0, 0.1) is 0 Å². The Balaban J connectivity index is 2.53. The highest BCUT2D eigenvalue weighted by atomic mass is 16.3. The van der Waals surface area contributed by atoms with Gasteiger partial charge in [0.15, 0.2) is 5.75 Å². The highest BCUT2D eigenvalue weighted by Gasteiger charge is 2.06. The number of fused-ring (bicyclic) bond motifs is 1. The Hall–Kier alpha value is -1.50. The molecule has 0 aliphatic heterocycles. The first-order valence-electron chi connectivity index (χ1n) is 5.50. The highest BCUT2D eigenvalue weighted by Crippen LogP contribution is 2.28. The highest BCUT2D eigenvalue weighted by molar-refractivity contribution is 5.87. The number of unbranched alkanes of at least 4 members (excludes halogenated alkanes) is 1. The first-order chi connectivity index (χ1) is 7.33. The van der Waals surface area contributed by atoms with Crippen LogP contribution in [-0.2, 0) is 11.5 Å². The predicted molar refractivity (Wildman–Crippen MR) is 62.7 cm³/mol. The monoisotopic (exact) mass is 199 g/mol. The molecule has 0 saturated carbocycles. The number of hydrogen-bond acceptors (Lipinski definition) is 0. The Morgan fingerprint density at radius 3 is 2.67 bits per heavy atom. The van der Waals surface area contributed by atoms with Crippen molar-refractivity contribution in [2.45, 2.75) is 26.2 Å². The molecule has 1 radical (unpaired) electrons. The van der Waals surface area contributed by atoms with Crippen molar-refractivity contribution < 1.29 is 5.11 Å². The predicted octanol–water partition coefficient (Wildman–Crippen LogP) is 4.33. The normalized spacial score (nSPS) is 10.7. The summed E-state index contributed by atoms with van der Waals surface area (Å²) in [6.07, 6.45) is 3.11. The van der Waals surface area contributed by atoms with Gasteiger partial charge in [-0.2, -0.15) is 0 Å². The van der Waals surface area contributed by atoms with Gasteiger partial charge in [0, 0.05) is 5.56 Å². The minimum atomic E-state index is 0.183. The lowest BCUT2D eigenvalue weighted by Gasteiger charge is -2.06. The molecule has 0 aliphatic carbocycles. The Morgan fingerprint density at radius 1 is 1.07 bits per heavy atom. The maximum absolute atomic E-state index is 11.7. The van der Waals surface area contributed by atoms with E-state index >= 15 is 0 Å². The fourth-order valence-electron chi connectivity index (χ4n) is 1.93. The van der Waals surface area contributed by atoms with Crippen LogP contribution in [0.4, 0.5) is 0 Å². The van der Waals surface area contributed by atoms with Crippen molar-refractivity contribution in [2.75, 3.05) is 0 Å². The summed E-state index contributed by atoms with van der Waals surface area (Å²) in [5.74, 6) is 0.183. The number of rotatable bonds is 3. The van der Waals surface area contributed by atoms with E-state index in [-0.39, 0.29) is 5.75 Å². The van der Waals surface area contributed by atoms with E-state index in [0.29, 0.717) is 0 Å². The molecule has 0 spiro atoms. The quantitative estimate of drug-likeness (QED) is 0.701. The molecule has 2 rings (SSSR count). The SMILES string of the molecule is CCCCc1c([O])ccc2ccccc12. The Morgan fingerprint density at radius 2 is 1.87 bits per heavy atom. The van der Waals surface area contributed by atoms with Gasteiger partial charge in [-0.3, -0.25) is 5.11 Å². The summed E-state index contributed by atoms with van der Waals surface area (Å²) >= 11 is 0. The standard InChI is InChI=1S/C14H15O/c1-2-3-7-13-12-8-5-4-6-11(12)9-10-14(13)15/h4-6,8-10H,2-3,7H2,1H3. The van der Waals surface area contributed by atoms with E-state index in [1.807, 2.05) is 24.3 Å². The van der Waals surface area contributed by atoms with Crippen molar-refractivity contribution >= 4 is 10.8 Å². The van der Waals surface area contributed by atoms with Gasteiger partial charge in [-0.1, -0.05) is 43.7 Å². The maximum atomic E-state index is 11.7. The largest absolute Gasteiger partial charge is 0.290 e. The van der Waals surface area contributed by atoms with Crippen LogP contribution in [0.5, 0.6) is 5.75 Å². The third-order valence-electron chi connectivity index (χ3n) is 2.78. The van der Waals surface area contributed by atoms with E-state index in [4.69, 9.17) is 0 Å². The summed E-state index contributed by atoms with van der Waals surface area (Å²) in [7, 11) is 0. The molecule has 1 heteroatoms. The van der Waals surface area contributed by atoms with E-state index in [1.165, 1.54) is 5.39 Å². The fourth-order valence-corrected chi connectivity index (χ4v) is 1.93. The molecular formula is C14H15O. The van der Waals surface area contributed by atoms with Gasteiger partial charge in [0.25, 0.3) is 0 Å². The average molecular weight is 199 g/mol. The van der Waals surface area contributed by atoms with Crippen LogP contribution in [0.1, 0.15) is 25.3 Å². The smallest absolute Gasteiger partial charge is 0.182 e. The molecule has 0 bridgehead atoms. The van der Waals surface area contributed by atoms with Crippen molar-refractivity contribution in [2.24, 2.45) is 0 Å². The second kappa shape index (κ2) is 4.35. The van der Waals surface area contributed by atoms with Crippen LogP contribution in [-0.4, -0.2) is 0 Å². The van der Waals surface area contributed by atoms with E-state index < -0.39 is 0 Å². The Labute approximate surface area is 90.4 Å². The van der Waals surface area contributed by atoms with Gasteiger partial charge >= 0.3 is 0 Å². The topological polar surface area (TPSA) is 19.9 Å². The van der Waals surface area contributed by atoms with Crippen molar-refractivity contribution in [3.63, 3.8) is 0 Å². The molecule has 0 aromatic heterocycles. The van der Waals surface area contributed by atoms with Gasteiger partial charge < -0.3 is 0 Å². The zero-order chi connectivity index (χ0) is 10.7. The molecule has 0 aliphatic rings. The molecule has 2 aromatic carbocycles. The van der Waals surface area contributed by atoms with E-state index in [1.54, 1.807) is 6.07 Å². The zero-order valence-corrected chi connectivity index (χ0v) is 8.99. The second-order valence-corrected chi connectivity index (χ2v) is 3.87. The van der Waals surface area contributed by atoms with Crippen LogP contribution in [0.2, 0.25) is 0 Å². The molecular weight excluding hydrogens is 184 g/mol. The number of aryl methyl sites for hydroxylation is 1. The molecule has 15 heavy (non-hydrogen) atoms. The number of benzene rings is 2. The molecule has 0 fully saturated rings. The first-order valence-corrected chi connectivity index (χ1v) is 5.50. The molecule has 0 heterocycles. The lowest BCUT2D eigenvalue weighted by Crippen LogP contribution is -1.87. The summed E-state index contributed by atoms with van der Waals surface area (Å²) < 4.78 is 0. The average Bonchev–Trinajstić information content (AvgIpc) is 2.28. The van der Waals surface area contributed by atoms with Crippen LogP contribution in [0.3, 0.4) is 0 Å². The van der Waals surface area contributed by atoms with Crippen molar-refractivity contribution in [3.05, 3.63) is 42.0 Å². The molecule has 0 unspecified atom stereocenters. The summed E-state index contributed by atoms with van der Waals surface area (Å²) in [6, 6.07) is 11.7. The lowest BCUT2D eigenvalue weighted by atomic mass is 9.99. The second-order valence-electron chi connectivity index (χ2n) is 3.87. The molecule has 0 atom stereocenters. The van der Waals surface area contributed by atoms with Crippen molar-refractivity contribution in [1.82, 2.24) is 0 Å². The minimum absolute atomic E-state index is 0.183. The van der Waals surface area contributed by atoms with Crippen LogP contribution < -0.4 is 0 Å². The van der Waals surface area contributed by atoms with Gasteiger partial charge in [0.2, 0.25) is 0 Å². The molecule has 2 aromatic rings. The lowest BCUT2D eigenvalue weighted by molar-refractivity contribution is 0.350. The van der Waals surface area contributed by atoms with Crippen molar-refractivity contribution in [3.8, 4) is 5.75 Å². The van der Waals surface area contributed by atoms with E-state index in [0.717, 1.165) is 30.2 Å². The fraction of sp³-hybridized carbons (Fsp3) is 0.286. The summed E-state index contributed by atoms with van der Waals surface area (Å²) in [5.41, 5.74) is 0.981. The molecule has 0 saturated heterocycles. The summed E-state index contributed by atoms with van der Waals surface area (Å²) in [6.45, 7) is 2.15. The van der Waals surface area contributed by atoms with Gasteiger partial charge in [-0.05, 0) is 29.7 Å². The summed E-state index contributed by atoms with van der Waals surface area (Å²) in [4.78, 5) is 0. The van der Waals surface area contributed by atoms with E-state index in [2.05, 4.69) is 13.0 Å². The zero-order valence-electron chi connectivity index (χ0n) is 8.99. The molecule has 0 amide bonds. The van der Waals surface area contributed by atoms with Gasteiger partial charge in [0.05, 0.1) is 0 Å². The van der Waals surface area contributed by atoms with Gasteiger partial charge in [-0.25, -0.2) is 0 Å². The van der Waals surface area contributed by atoms with Gasteiger partial charge in [0.1, 0.15) is 0 Å². The Kier molecular flexibility index (Phi) is 2.91. The van der Waals surface area contributed by atoms with Crippen LogP contribution in [0.25, 0.3) is 10.8 Å². The molecule has 0 N–H and O–H groups in total. The van der Waals surface area contributed by atoms with Crippen LogP contribution >= 0.6 is 0 Å². The third kappa shape index (κ3) is 1.96. The Bertz CT molecular complexity index is 460.